The zero-order valence-electron chi connectivity index (χ0n) is 24.2. The maximum Gasteiger partial charge on any atom is 0.411 e. The number of carbonyl (C=O) groups is 3. The lowest BCUT2D eigenvalue weighted by molar-refractivity contribution is -0.147. The Bertz CT molecular complexity index is 1360. The minimum atomic E-state index is -1.05. The van der Waals surface area contributed by atoms with Crippen LogP contribution in [-0.4, -0.2) is 41.5 Å². The Labute approximate surface area is 241 Å². The molecular formula is C33H38N2O6. The lowest BCUT2D eigenvalue weighted by Gasteiger charge is -2.28. The van der Waals surface area contributed by atoms with Crippen LogP contribution in [0.15, 0.2) is 72.8 Å². The van der Waals surface area contributed by atoms with Crippen LogP contribution in [0.4, 0.5) is 15.3 Å². The van der Waals surface area contributed by atoms with Crippen molar-refractivity contribution < 1.29 is 29.0 Å². The van der Waals surface area contributed by atoms with Gasteiger partial charge in [0.1, 0.15) is 12.2 Å². The first-order valence-corrected chi connectivity index (χ1v) is 13.8. The molecule has 0 aliphatic heterocycles. The van der Waals surface area contributed by atoms with Crippen LogP contribution in [0.3, 0.4) is 0 Å². The maximum absolute atomic E-state index is 12.7. The number of anilines is 1. The van der Waals surface area contributed by atoms with Crippen molar-refractivity contribution in [2.45, 2.75) is 65.0 Å². The van der Waals surface area contributed by atoms with Crippen LogP contribution >= 0.6 is 0 Å². The molecule has 3 aromatic carbocycles. The molecule has 41 heavy (non-hydrogen) atoms. The third kappa shape index (κ3) is 7.66. The topological polar surface area (TPSA) is 114 Å². The van der Waals surface area contributed by atoms with Crippen LogP contribution in [0.5, 0.6) is 0 Å². The second-order valence-corrected chi connectivity index (χ2v) is 12.1. The van der Waals surface area contributed by atoms with Gasteiger partial charge in [-0.25, -0.2) is 9.59 Å². The largest absolute Gasteiger partial charge is 0.481 e. The Balaban J connectivity index is 1.37. The Morgan fingerprint density at radius 2 is 1.39 bits per heavy atom. The highest BCUT2D eigenvalue weighted by Crippen LogP contribution is 2.44. The molecule has 8 heteroatoms. The van der Waals surface area contributed by atoms with Gasteiger partial charge in [0, 0.05) is 17.6 Å². The number of benzene rings is 3. The fourth-order valence-electron chi connectivity index (χ4n) is 5.11. The molecule has 0 radical (unpaired) electrons. The van der Waals surface area contributed by atoms with Gasteiger partial charge >= 0.3 is 18.2 Å². The molecule has 1 aliphatic rings. The SMILES string of the molecule is CC(C)(C)OC(=O)N[C@@H](Cc1ccc(NC(=O)OCC2c3ccccc3-c3ccccc32)cc1)CC(C)(C)C(=O)O. The number of hydrogen-bond donors (Lipinski definition) is 3. The van der Waals surface area contributed by atoms with Gasteiger partial charge in [-0.15, -0.1) is 0 Å². The number of alkyl carbamates (subject to hydrolysis) is 1. The van der Waals surface area contributed by atoms with Crippen LogP contribution in [0.1, 0.15) is 63.6 Å². The number of amides is 2. The third-order valence-electron chi connectivity index (χ3n) is 7.08. The fourth-order valence-corrected chi connectivity index (χ4v) is 5.11. The van der Waals surface area contributed by atoms with Crippen molar-refractivity contribution in [1.82, 2.24) is 5.32 Å². The van der Waals surface area contributed by atoms with E-state index in [-0.39, 0.29) is 18.9 Å². The number of nitrogens with one attached hydrogen (secondary N) is 2. The van der Waals surface area contributed by atoms with E-state index in [0.29, 0.717) is 12.1 Å². The van der Waals surface area contributed by atoms with Gasteiger partial charge in [0.25, 0.3) is 0 Å². The van der Waals surface area contributed by atoms with Crippen LogP contribution in [0.2, 0.25) is 0 Å². The van der Waals surface area contributed by atoms with Gasteiger partial charge in [-0.1, -0.05) is 60.7 Å². The van der Waals surface area contributed by atoms with E-state index in [1.807, 2.05) is 36.4 Å². The molecule has 4 rings (SSSR count). The van der Waals surface area contributed by atoms with E-state index in [9.17, 15) is 19.5 Å². The average molecular weight is 559 g/mol. The molecule has 3 aromatic rings. The average Bonchev–Trinajstić information content (AvgIpc) is 3.21. The highest BCUT2D eigenvalue weighted by molar-refractivity contribution is 5.85. The second-order valence-electron chi connectivity index (χ2n) is 12.1. The van der Waals surface area contributed by atoms with Crippen molar-refractivity contribution in [3.8, 4) is 11.1 Å². The van der Waals surface area contributed by atoms with E-state index in [2.05, 4.69) is 34.9 Å². The first-order valence-electron chi connectivity index (χ1n) is 13.8. The van der Waals surface area contributed by atoms with Crippen molar-refractivity contribution in [2.75, 3.05) is 11.9 Å². The second kappa shape index (κ2) is 12.0. The van der Waals surface area contributed by atoms with Gasteiger partial charge in [0.05, 0.1) is 5.41 Å². The normalized spacial score (nSPS) is 13.5. The maximum atomic E-state index is 12.7. The summed E-state index contributed by atoms with van der Waals surface area (Å²) in [7, 11) is 0. The van der Waals surface area contributed by atoms with Gasteiger partial charge < -0.3 is 19.9 Å². The summed E-state index contributed by atoms with van der Waals surface area (Å²) in [6.45, 7) is 8.78. The summed E-state index contributed by atoms with van der Waals surface area (Å²) >= 11 is 0. The molecule has 0 saturated carbocycles. The number of hydrogen-bond acceptors (Lipinski definition) is 5. The summed E-state index contributed by atoms with van der Waals surface area (Å²) in [4.78, 5) is 36.8. The number of carbonyl (C=O) groups excluding carboxylic acids is 2. The number of carboxylic acid groups (broad SMARTS) is 1. The summed E-state index contributed by atoms with van der Waals surface area (Å²) in [5.74, 6) is -0.976. The predicted molar refractivity (Wildman–Crippen MR) is 158 cm³/mol. The van der Waals surface area contributed by atoms with Gasteiger partial charge in [0.15, 0.2) is 0 Å². The van der Waals surface area contributed by atoms with Crippen molar-refractivity contribution in [1.29, 1.82) is 0 Å². The Hall–Kier alpha value is -4.33. The summed E-state index contributed by atoms with van der Waals surface area (Å²) in [6, 6.07) is 23.0. The minimum Gasteiger partial charge on any atom is -0.481 e. The van der Waals surface area contributed by atoms with E-state index < -0.39 is 35.2 Å². The lowest BCUT2D eigenvalue weighted by atomic mass is 9.84. The van der Waals surface area contributed by atoms with E-state index in [1.165, 1.54) is 11.1 Å². The number of rotatable bonds is 9. The van der Waals surface area contributed by atoms with Gasteiger partial charge in [-0.05, 0) is 87.4 Å². The van der Waals surface area contributed by atoms with Crippen molar-refractivity contribution >= 4 is 23.8 Å². The summed E-state index contributed by atoms with van der Waals surface area (Å²) in [5, 5.41) is 15.2. The zero-order chi connectivity index (χ0) is 29.8. The van der Waals surface area contributed by atoms with E-state index in [1.54, 1.807) is 46.8 Å². The van der Waals surface area contributed by atoms with Crippen molar-refractivity contribution in [3.63, 3.8) is 0 Å². The molecule has 0 fully saturated rings. The van der Waals surface area contributed by atoms with Crippen LogP contribution < -0.4 is 10.6 Å². The summed E-state index contributed by atoms with van der Waals surface area (Å²) < 4.78 is 11.0. The van der Waals surface area contributed by atoms with Gasteiger partial charge in [-0.3, -0.25) is 10.1 Å². The van der Waals surface area contributed by atoms with Crippen LogP contribution in [0.25, 0.3) is 11.1 Å². The van der Waals surface area contributed by atoms with E-state index in [0.717, 1.165) is 16.7 Å². The third-order valence-corrected chi connectivity index (χ3v) is 7.08. The van der Waals surface area contributed by atoms with Crippen molar-refractivity contribution in [2.24, 2.45) is 5.41 Å². The molecule has 0 bridgehead atoms. The van der Waals surface area contributed by atoms with Gasteiger partial charge in [0.2, 0.25) is 0 Å². The van der Waals surface area contributed by atoms with Gasteiger partial charge in [-0.2, -0.15) is 0 Å². The summed E-state index contributed by atoms with van der Waals surface area (Å²) in [6.07, 6.45) is -0.549. The first kappa shape index (κ1) is 29.6. The summed E-state index contributed by atoms with van der Waals surface area (Å²) in [5.41, 5.74) is 4.32. The van der Waals surface area contributed by atoms with E-state index in [4.69, 9.17) is 9.47 Å². The molecule has 216 valence electrons. The molecule has 0 saturated heterocycles. The molecule has 2 amide bonds. The molecule has 0 unspecified atom stereocenters. The van der Waals surface area contributed by atoms with Crippen LogP contribution in [0, 0.1) is 5.41 Å². The first-order chi connectivity index (χ1) is 19.3. The molecule has 8 nitrogen and oxygen atoms in total. The fraction of sp³-hybridized carbons (Fsp3) is 0.364. The molecular weight excluding hydrogens is 520 g/mol. The molecule has 0 aromatic heterocycles. The van der Waals surface area contributed by atoms with E-state index >= 15 is 0 Å². The standard InChI is InChI=1S/C33H38N2O6/c1-32(2,3)41-31(39)35-23(19-33(4,5)29(36)37)18-21-14-16-22(17-15-21)34-30(38)40-20-28-26-12-8-6-10-24(26)25-11-7-9-13-27(25)28/h6-17,23,28H,18-20H2,1-5H3,(H,34,38)(H,35,39)(H,36,37)/t23-/m0/s1. The Morgan fingerprint density at radius 1 is 0.829 bits per heavy atom. The predicted octanol–water partition coefficient (Wildman–Crippen LogP) is 6.98. The highest BCUT2D eigenvalue weighted by atomic mass is 16.6. The molecule has 0 heterocycles. The highest BCUT2D eigenvalue weighted by Gasteiger charge is 2.32. The minimum absolute atomic E-state index is 0.0278. The Kier molecular flexibility index (Phi) is 8.71. The zero-order valence-corrected chi connectivity index (χ0v) is 24.2. The van der Waals surface area contributed by atoms with Crippen molar-refractivity contribution in [3.05, 3.63) is 89.5 Å². The number of fused-ring (bicyclic) bond motifs is 3. The molecule has 1 aliphatic carbocycles. The quantitative estimate of drug-likeness (QED) is 0.261. The van der Waals surface area contributed by atoms with Crippen LogP contribution in [-0.2, 0) is 20.7 Å². The molecule has 1 atom stereocenters. The number of ether oxygens (including phenoxy) is 2. The smallest absolute Gasteiger partial charge is 0.411 e. The number of aliphatic carboxylic acids is 1. The molecule has 3 N–H and O–H groups in total. The Morgan fingerprint density at radius 3 is 1.93 bits per heavy atom. The molecule has 0 spiro atoms. The monoisotopic (exact) mass is 558 g/mol. The lowest BCUT2D eigenvalue weighted by Crippen LogP contribution is -2.43. The number of carboxylic acids is 1.